The Kier molecular flexibility index (Phi) is 3.92. The van der Waals surface area contributed by atoms with Crippen molar-refractivity contribution in [3.05, 3.63) is 23.9 Å². The fourth-order valence-electron chi connectivity index (χ4n) is 2.11. The number of rotatable bonds is 2. The van der Waals surface area contributed by atoms with Crippen molar-refractivity contribution in [3.8, 4) is 0 Å². The Labute approximate surface area is 106 Å². The average Bonchev–Trinajstić information content (AvgIpc) is 2.81. The molecular formula is C13H17N3O2. The summed E-state index contributed by atoms with van der Waals surface area (Å²) in [4.78, 5) is 27.4. The lowest BCUT2D eigenvalue weighted by Gasteiger charge is -2.11. The molecule has 1 fully saturated rings. The Morgan fingerprint density at radius 3 is 2.61 bits per heavy atom. The van der Waals surface area contributed by atoms with Crippen molar-refractivity contribution in [3.63, 3.8) is 0 Å². The van der Waals surface area contributed by atoms with E-state index in [4.69, 9.17) is 0 Å². The van der Waals surface area contributed by atoms with Gasteiger partial charge in [-0.2, -0.15) is 0 Å². The zero-order valence-electron chi connectivity index (χ0n) is 10.4. The average molecular weight is 247 g/mol. The van der Waals surface area contributed by atoms with Crippen molar-refractivity contribution < 1.29 is 9.59 Å². The second-order valence-electron chi connectivity index (χ2n) is 4.57. The largest absolute Gasteiger partial charge is 0.345 e. The van der Waals surface area contributed by atoms with Crippen LogP contribution in [0, 0.1) is 6.92 Å². The standard InChI is InChI=1S/C13H17N3O2/c1-9-5-4-8-11(14-9)16-13(18)12(17)15-10-6-2-3-7-10/h4-5,8,10H,2-3,6-7H2,1H3,(H,15,17)(H,14,16,18). The van der Waals surface area contributed by atoms with E-state index in [0.29, 0.717) is 5.82 Å². The van der Waals surface area contributed by atoms with Gasteiger partial charge >= 0.3 is 11.8 Å². The van der Waals surface area contributed by atoms with E-state index in [9.17, 15) is 9.59 Å². The number of anilines is 1. The Hall–Kier alpha value is -1.91. The highest BCUT2D eigenvalue weighted by atomic mass is 16.2. The van der Waals surface area contributed by atoms with Crippen LogP contribution in [0.2, 0.25) is 0 Å². The molecule has 1 aliphatic rings. The molecule has 18 heavy (non-hydrogen) atoms. The number of aryl methyl sites for hydroxylation is 1. The first-order valence-corrected chi connectivity index (χ1v) is 6.20. The van der Waals surface area contributed by atoms with Crippen molar-refractivity contribution in [1.82, 2.24) is 10.3 Å². The number of aromatic nitrogens is 1. The van der Waals surface area contributed by atoms with Gasteiger partial charge in [-0.15, -0.1) is 0 Å². The lowest BCUT2D eigenvalue weighted by atomic mass is 10.2. The topological polar surface area (TPSA) is 71.1 Å². The minimum atomic E-state index is -0.653. The highest BCUT2D eigenvalue weighted by molar-refractivity contribution is 6.39. The highest BCUT2D eigenvalue weighted by Gasteiger charge is 2.21. The maximum Gasteiger partial charge on any atom is 0.314 e. The zero-order chi connectivity index (χ0) is 13.0. The van der Waals surface area contributed by atoms with E-state index in [1.165, 1.54) is 0 Å². The number of carbonyl (C=O) groups excluding carboxylic acids is 2. The van der Waals surface area contributed by atoms with Gasteiger partial charge in [0.15, 0.2) is 0 Å². The zero-order valence-corrected chi connectivity index (χ0v) is 10.4. The summed E-state index contributed by atoms with van der Waals surface area (Å²) in [6.45, 7) is 1.83. The molecule has 2 amide bonds. The van der Waals surface area contributed by atoms with Gasteiger partial charge in [-0.1, -0.05) is 18.9 Å². The van der Waals surface area contributed by atoms with E-state index >= 15 is 0 Å². The van der Waals surface area contributed by atoms with Crippen LogP contribution in [0.4, 0.5) is 5.82 Å². The van der Waals surface area contributed by atoms with Gasteiger partial charge in [0, 0.05) is 11.7 Å². The van der Waals surface area contributed by atoms with E-state index in [0.717, 1.165) is 31.4 Å². The van der Waals surface area contributed by atoms with Crippen LogP contribution in [-0.4, -0.2) is 22.8 Å². The highest BCUT2D eigenvalue weighted by Crippen LogP contribution is 2.17. The van der Waals surface area contributed by atoms with Crippen molar-refractivity contribution in [2.24, 2.45) is 0 Å². The molecular weight excluding hydrogens is 230 g/mol. The number of nitrogens with one attached hydrogen (secondary N) is 2. The molecule has 0 radical (unpaired) electrons. The summed E-state index contributed by atoms with van der Waals surface area (Å²) in [6.07, 6.45) is 4.15. The van der Waals surface area contributed by atoms with Gasteiger partial charge in [-0.05, 0) is 31.9 Å². The summed E-state index contributed by atoms with van der Waals surface area (Å²) in [6, 6.07) is 5.42. The minimum Gasteiger partial charge on any atom is -0.345 e. The Bertz CT molecular complexity index is 453. The van der Waals surface area contributed by atoms with E-state index < -0.39 is 11.8 Å². The first kappa shape index (κ1) is 12.5. The number of hydrogen-bond acceptors (Lipinski definition) is 3. The van der Waals surface area contributed by atoms with Crippen LogP contribution in [0.1, 0.15) is 31.4 Å². The van der Waals surface area contributed by atoms with Crippen molar-refractivity contribution in [2.75, 3.05) is 5.32 Å². The van der Waals surface area contributed by atoms with Crippen LogP contribution in [0.15, 0.2) is 18.2 Å². The van der Waals surface area contributed by atoms with Gasteiger partial charge in [0.25, 0.3) is 0 Å². The monoisotopic (exact) mass is 247 g/mol. The summed E-state index contributed by atoms with van der Waals surface area (Å²) in [5.41, 5.74) is 0.795. The van der Waals surface area contributed by atoms with E-state index in [1.807, 2.05) is 13.0 Å². The molecule has 0 atom stereocenters. The Balaban J connectivity index is 1.88. The summed E-state index contributed by atoms with van der Waals surface area (Å²) >= 11 is 0. The molecule has 5 nitrogen and oxygen atoms in total. The molecule has 0 aromatic carbocycles. The number of nitrogens with zero attached hydrogens (tertiary/aromatic N) is 1. The van der Waals surface area contributed by atoms with Gasteiger partial charge in [-0.3, -0.25) is 9.59 Å². The van der Waals surface area contributed by atoms with Crippen LogP contribution in [0.5, 0.6) is 0 Å². The van der Waals surface area contributed by atoms with Crippen LogP contribution >= 0.6 is 0 Å². The molecule has 0 spiro atoms. The second kappa shape index (κ2) is 5.62. The maximum absolute atomic E-state index is 11.6. The van der Waals surface area contributed by atoms with E-state index in [2.05, 4.69) is 15.6 Å². The Morgan fingerprint density at radius 2 is 1.94 bits per heavy atom. The SMILES string of the molecule is Cc1cccc(NC(=O)C(=O)NC2CCCC2)n1. The lowest BCUT2D eigenvalue weighted by Crippen LogP contribution is -2.40. The molecule has 2 N–H and O–H groups in total. The summed E-state index contributed by atoms with van der Waals surface area (Å²) in [5, 5.41) is 5.23. The van der Waals surface area contributed by atoms with Crippen LogP contribution in [0.3, 0.4) is 0 Å². The third-order valence-corrected chi connectivity index (χ3v) is 3.03. The van der Waals surface area contributed by atoms with E-state index in [-0.39, 0.29) is 6.04 Å². The number of amides is 2. The quantitative estimate of drug-likeness (QED) is 0.776. The predicted molar refractivity (Wildman–Crippen MR) is 68.0 cm³/mol. The van der Waals surface area contributed by atoms with Gasteiger partial charge in [0.2, 0.25) is 0 Å². The third kappa shape index (κ3) is 3.29. The smallest absolute Gasteiger partial charge is 0.314 e. The van der Waals surface area contributed by atoms with Crippen molar-refractivity contribution in [1.29, 1.82) is 0 Å². The molecule has 1 aromatic rings. The number of carbonyl (C=O) groups is 2. The minimum absolute atomic E-state index is 0.147. The maximum atomic E-state index is 11.6. The number of hydrogen-bond donors (Lipinski definition) is 2. The molecule has 0 aliphatic heterocycles. The molecule has 1 saturated carbocycles. The first-order valence-electron chi connectivity index (χ1n) is 6.20. The molecule has 2 rings (SSSR count). The summed E-state index contributed by atoms with van der Waals surface area (Å²) in [7, 11) is 0. The normalized spacial score (nSPS) is 15.4. The molecule has 1 aliphatic carbocycles. The number of pyridine rings is 1. The third-order valence-electron chi connectivity index (χ3n) is 3.03. The lowest BCUT2D eigenvalue weighted by molar-refractivity contribution is -0.136. The van der Waals surface area contributed by atoms with Gasteiger partial charge < -0.3 is 10.6 Å². The fraction of sp³-hybridized carbons (Fsp3) is 0.462. The van der Waals surface area contributed by atoms with Crippen molar-refractivity contribution >= 4 is 17.6 Å². The molecule has 0 bridgehead atoms. The van der Waals surface area contributed by atoms with Gasteiger partial charge in [-0.25, -0.2) is 4.98 Å². The van der Waals surface area contributed by atoms with Crippen molar-refractivity contribution in [2.45, 2.75) is 38.6 Å². The first-order chi connectivity index (χ1) is 8.65. The molecule has 0 unspecified atom stereocenters. The van der Waals surface area contributed by atoms with E-state index in [1.54, 1.807) is 12.1 Å². The summed E-state index contributed by atoms with van der Waals surface area (Å²) in [5.74, 6) is -0.827. The fourth-order valence-corrected chi connectivity index (χ4v) is 2.11. The van der Waals surface area contributed by atoms with Gasteiger partial charge in [0.05, 0.1) is 0 Å². The van der Waals surface area contributed by atoms with Crippen LogP contribution in [0.25, 0.3) is 0 Å². The molecule has 96 valence electrons. The molecule has 1 heterocycles. The Morgan fingerprint density at radius 1 is 1.22 bits per heavy atom. The molecule has 0 saturated heterocycles. The van der Waals surface area contributed by atoms with Gasteiger partial charge in [0.1, 0.15) is 5.82 Å². The predicted octanol–water partition coefficient (Wildman–Crippen LogP) is 1.39. The summed E-state index contributed by atoms with van der Waals surface area (Å²) < 4.78 is 0. The molecule has 1 aromatic heterocycles. The molecule has 5 heteroatoms. The van der Waals surface area contributed by atoms with Crippen LogP contribution < -0.4 is 10.6 Å². The second-order valence-corrected chi connectivity index (χ2v) is 4.57. The van der Waals surface area contributed by atoms with Crippen LogP contribution in [-0.2, 0) is 9.59 Å².